The lowest BCUT2D eigenvalue weighted by atomic mass is 10.0. The van der Waals surface area contributed by atoms with Gasteiger partial charge in [-0.3, -0.25) is 9.69 Å². The molecule has 3 N–H and O–H groups in total. The molecule has 1 aromatic heterocycles. The number of rotatable bonds is 7. The second-order valence-corrected chi connectivity index (χ2v) is 9.36. The Labute approximate surface area is 192 Å². The first-order chi connectivity index (χ1) is 15.3. The van der Waals surface area contributed by atoms with Crippen molar-refractivity contribution < 1.29 is 23.9 Å². The highest BCUT2D eigenvalue weighted by Gasteiger charge is 2.54. The summed E-state index contributed by atoms with van der Waals surface area (Å²) in [7, 11) is 0. The second kappa shape index (κ2) is 9.25. The van der Waals surface area contributed by atoms with Crippen molar-refractivity contribution in [3.05, 3.63) is 52.6 Å². The number of carbonyl (C=O) groups excluding carboxylic acids is 2. The molecule has 32 heavy (non-hydrogen) atoms. The number of hydrogen-bond acceptors (Lipinski definition) is 8. The zero-order chi connectivity index (χ0) is 22.8. The number of nitrogens with zero attached hydrogens (tertiary/aromatic N) is 3. The molecule has 168 valence electrons. The van der Waals surface area contributed by atoms with Gasteiger partial charge >= 0.3 is 12.0 Å². The lowest BCUT2D eigenvalue weighted by Gasteiger charge is -2.49. The van der Waals surface area contributed by atoms with Gasteiger partial charge in [0.1, 0.15) is 17.1 Å². The first-order valence-corrected chi connectivity index (χ1v) is 11.8. The van der Waals surface area contributed by atoms with Crippen LogP contribution in [0.25, 0.3) is 0 Å². The van der Waals surface area contributed by atoms with E-state index in [-0.39, 0.29) is 5.70 Å². The summed E-state index contributed by atoms with van der Waals surface area (Å²) in [6, 6.07) is 6.49. The molecule has 0 bridgehead atoms. The lowest BCUT2D eigenvalue weighted by Crippen LogP contribution is -2.71. The molecule has 2 aromatic rings. The normalized spacial score (nSPS) is 19.9. The van der Waals surface area contributed by atoms with Crippen LogP contribution < -0.4 is 10.6 Å². The molecule has 0 spiro atoms. The largest absolute Gasteiger partial charge is 0.477 e. The summed E-state index contributed by atoms with van der Waals surface area (Å²) in [5, 5.41) is 22.6. The number of nitrogens with one attached hydrogen (secondary N) is 2. The van der Waals surface area contributed by atoms with Crippen LogP contribution in [0.3, 0.4) is 0 Å². The Morgan fingerprint density at radius 1 is 1.28 bits per heavy atom. The average molecular weight is 476 g/mol. The van der Waals surface area contributed by atoms with E-state index in [1.807, 2.05) is 31.2 Å². The van der Waals surface area contributed by atoms with Gasteiger partial charge in [-0.25, -0.2) is 9.59 Å². The number of benzene rings is 1. The van der Waals surface area contributed by atoms with Gasteiger partial charge in [0.2, 0.25) is 5.89 Å². The zero-order valence-electron chi connectivity index (χ0n) is 17.3. The van der Waals surface area contributed by atoms with E-state index in [0.717, 1.165) is 11.1 Å². The maximum atomic E-state index is 12.7. The Morgan fingerprint density at radius 3 is 2.69 bits per heavy atom. The van der Waals surface area contributed by atoms with Crippen LogP contribution in [0, 0.1) is 13.8 Å². The van der Waals surface area contributed by atoms with Crippen LogP contribution in [-0.2, 0) is 16.1 Å². The Balaban J connectivity index is 1.37. The summed E-state index contributed by atoms with van der Waals surface area (Å²) in [5.74, 6) is -0.476. The van der Waals surface area contributed by atoms with Gasteiger partial charge in [-0.2, -0.15) is 0 Å². The van der Waals surface area contributed by atoms with Crippen LogP contribution in [0.2, 0.25) is 0 Å². The SMILES string of the molecule is Cc1ccc(CNC(=O)NC2C(=O)N3C(C(=O)O)=C(CSc4nnc(C)o4)CS[C@@H]23)cc1. The number of aliphatic carboxylic acids is 1. The Morgan fingerprint density at radius 2 is 2.03 bits per heavy atom. The number of β-lactam (4-membered cyclic amide) rings is 1. The fourth-order valence-corrected chi connectivity index (χ4v) is 5.65. The first-order valence-electron chi connectivity index (χ1n) is 9.76. The van der Waals surface area contributed by atoms with E-state index in [2.05, 4.69) is 20.8 Å². The minimum absolute atomic E-state index is 0.0411. The molecule has 0 radical (unpaired) electrons. The van der Waals surface area contributed by atoms with Crippen molar-refractivity contribution in [1.29, 1.82) is 0 Å². The van der Waals surface area contributed by atoms with Crippen molar-refractivity contribution in [1.82, 2.24) is 25.7 Å². The van der Waals surface area contributed by atoms with E-state index in [4.69, 9.17) is 4.42 Å². The number of carboxylic acids is 1. The van der Waals surface area contributed by atoms with Gasteiger partial charge in [0, 0.05) is 25.0 Å². The Bertz CT molecular complexity index is 1080. The van der Waals surface area contributed by atoms with Gasteiger partial charge in [-0.15, -0.1) is 22.0 Å². The van der Waals surface area contributed by atoms with Gasteiger partial charge in [0.05, 0.1) is 0 Å². The van der Waals surface area contributed by atoms with Gasteiger partial charge in [-0.1, -0.05) is 41.6 Å². The first kappa shape index (κ1) is 22.2. The number of amides is 3. The van der Waals surface area contributed by atoms with Crippen LogP contribution >= 0.6 is 23.5 Å². The van der Waals surface area contributed by atoms with Crippen LogP contribution in [0.1, 0.15) is 17.0 Å². The number of urea groups is 1. The van der Waals surface area contributed by atoms with E-state index in [1.54, 1.807) is 6.92 Å². The topological polar surface area (TPSA) is 138 Å². The van der Waals surface area contributed by atoms with E-state index in [9.17, 15) is 19.5 Å². The summed E-state index contributed by atoms with van der Waals surface area (Å²) in [6.45, 7) is 3.98. The minimum atomic E-state index is -1.18. The molecule has 1 unspecified atom stereocenters. The third kappa shape index (κ3) is 4.60. The molecule has 12 heteroatoms. The highest BCUT2D eigenvalue weighted by atomic mass is 32.2. The highest BCUT2D eigenvalue weighted by Crippen LogP contribution is 2.41. The number of carboxylic acid groups (broad SMARTS) is 1. The van der Waals surface area contributed by atoms with Crippen molar-refractivity contribution in [2.24, 2.45) is 0 Å². The fourth-order valence-electron chi connectivity index (χ4n) is 3.36. The molecule has 1 saturated heterocycles. The van der Waals surface area contributed by atoms with E-state index >= 15 is 0 Å². The summed E-state index contributed by atoms with van der Waals surface area (Å²) in [5.41, 5.74) is 2.62. The van der Waals surface area contributed by atoms with E-state index in [1.165, 1.54) is 28.4 Å². The standard InChI is InChI=1S/C20H21N5O5S2/c1-10-3-5-12(6-4-10)7-21-19(29)22-14-16(26)25-15(18(27)28)13(8-31-17(14)25)9-32-20-24-23-11(2)30-20/h3-6,14,17H,7-9H2,1-2H3,(H,27,28)(H2,21,22,29)/t14?,17-/m0/s1. The molecule has 3 amide bonds. The molecular formula is C20H21N5O5S2. The van der Waals surface area contributed by atoms with Crippen molar-refractivity contribution in [2.45, 2.75) is 37.0 Å². The number of aryl methyl sites for hydroxylation is 2. The summed E-state index contributed by atoms with van der Waals surface area (Å²) in [6.07, 6.45) is 0. The predicted molar refractivity (Wildman–Crippen MR) is 118 cm³/mol. The monoisotopic (exact) mass is 475 g/mol. The minimum Gasteiger partial charge on any atom is -0.477 e. The summed E-state index contributed by atoms with van der Waals surface area (Å²) in [4.78, 5) is 38.1. The van der Waals surface area contributed by atoms with Gasteiger partial charge in [0.15, 0.2) is 0 Å². The van der Waals surface area contributed by atoms with Gasteiger partial charge in [0.25, 0.3) is 11.1 Å². The molecule has 0 saturated carbocycles. The summed E-state index contributed by atoms with van der Waals surface area (Å²) >= 11 is 2.64. The summed E-state index contributed by atoms with van der Waals surface area (Å²) < 4.78 is 5.30. The molecule has 0 aliphatic carbocycles. The van der Waals surface area contributed by atoms with Crippen LogP contribution in [0.15, 0.2) is 45.2 Å². The Kier molecular flexibility index (Phi) is 6.42. The maximum absolute atomic E-state index is 12.7. The average Bonchev–Trinajstić information content (AvgIpc) is 3.19. The molecule has 2 aliphatic heterocycles. The molecule has 2 aliphatic rings. The number of hydrogen-bond donors (Lipinski definition) is 3. The second-order valence-electron chi connectivity index (χ2n) is 7.33. The number of aromatic nitrogens is 2. The Hall–Kier alpha value is -2.99. The molecule has 3 heterocycles. The van der Waals surface area contributed by atoms with Gasteiger partial charge < -0.3 is 20.2 Å². The van der Waals surface area contributed by atoms with E-state index in [0.29, 0.717) is 34.7 Å². The third-order valence-electron chi connectivity index (χ3n) is 4.99. The molecule has 1 fully saturated rings. The fraction of sp³-hybridized carbons (Fsp3) is 0.350. The molecule has 10 nitrogen and oxygen atoms in total. The van der Waals surface area contributed by atoms with Crippen LogP contribution in [0.5, 0.6) is 0 Å². The number of fused-ring (bicyclic) bond motifs is 1. The predicted octanol–water partition coefficient (Wildman–Crippen LogP) is 1.90. The molecule has 4 rings (SSSR count). The van der Waals surface area contributed by atoms with Gasteiger partial charge in [-0.05, 0) is 18.1 Å². The van der Waals surface area contributed by atoms with Crippen molar-refractivity contribution in [2.75, 3.05) is 11.5 Å². The van der Waals surface area contributed by atoms with E-state index < -0.39 is 29.3 Å². The van der Waals surface area contributed by atoms with Crippen molar-refractivity contribution in [3.63, 3.8) is 0 Å². The molecular weight excluding hydrogens is 454 g/mol. The zero-order valence-corrected chi connectivity index (χ0v) is 19.0. The third-order valence-corrected chi connectivity index (χ3v) is 7.23. The smallest absolute Gasteiger partial charge is 0.352 e. The maximum Gasteiger partial charge on any atom is 0.352 e. The molecule has 2 atom stereocenters. The van der Waals surface area contributed by atoms with Crippen LogP contribution in [0.4, 0.5) is 4.79 Å². The quantitative estimate of drug-likeness (QED) is 0.405. The van der Waals surface area contributed by atoms with Crippen LogP contribution in [-0.4, -0.2) is 61.0 Å². The van der Waals surface area contributed by atoms with Crippen molar-refractivity contribution in [3.8, 4) is 0 Å². The number of thioether (sulfide) groups is 2. The highest BCUT2D eigenvalue weighted by molar-refractivity contribution is 8.01. The molecule has 1 aromatic carbocycles. The number of carbonyl (C=O) groups is 3. The van der Waals surface area contributed by atoms with Crippen molar-refractivity contribution >= 4 is 41.4 Å². The lowest BCUT2D eigenvalue weighted by molar-refractivity contribution is -0.148.